The van der Waals surface area contributed by atoms with E-state index in [1.807, 2.05) is 0 Å². The van der Waals surface area contributed by atoms with E-state index in [0.29, 0.717) is 0 Å². The zero-order valence-electron chi connectivity index (χ0n) is 11.6. The Bertz CT molecular complexity index is 178. The van der Waals surface area contributed by atoms with Crippen LogP contribution in [0.1, 0.15) is 46.5 Å². The molecule has 0 radical (unpaired) electrons. The first-order valence-electron chi connectivity index (χ1n) is 7.15. The molecule has 2 unspecified atom stereocenters. The predicted molar refractivity (Wildman–Crippen MR) is 71.8 cm³/mol. The fraction of sp³-hybridized carbons (Fsp3) is 1.00. The number of nitrogens with one attached hydrogen (secondary N) is 1. The van der Waals surface area contributed by atoms with Crippen molar-refractivity contribution in [3.63, 3.8) is 0 Å². The van der Waals surface area contributed by atoms with Crippen LogP contribution in [0.3, 0.4) is 0 Å². The van der Waals surface area contributed by atoms with E-state index in [4.69, 9.17) is 0 Å². The molecule has 2 atom stereocenters. The minimum atomic E-state index is 0.859. The Balaban J connectivity index is 2.41. The van der Waals surface area contributed by atoms with Gasteiger partial charge in [0.25, 0.3) is 0 Å². The van der Waals surface area contributed by atoms with Gasteiger partial charge in [-0.15, -0.1) is 0 Å². The molecule has 1 saturated carbocycles. The van der Waals surface area contributed by atoms with Crippen LogP contribution in [0.5, 0.6) is 0 Å². The van der Waals surface area contributed by atoms with Crippen molar-refractivity contribution in [2.24, 2.45) is 11.8 Å². The van der Waals surface area contributed by atoms with Crippen LogP contribution in [0.25, 0.3) is 0 Å². The largest absolute Gasteiger partial charge is 0.319 e. The molecule has 0 saturated heterocycles. The van der Waals surface area contributed by atoms with Crippen molar-refractivity contribution in [1.29, 1.82) is 0 Å². The molecule has 2 nitrogen and oxygen atoms in total. The quantitative estimate of drug-likeness (QED) is 0.684. The molecule has 1 rings (SSSR count). The van der Waals surface area contributed by atoms with Crippen LogP contribution >= 0.6 is 0 Å². The van der Waals surface area contributed by atoms with E-state index < -0.39 is 0 Å². The number of rotatable bonds is 8. The number of hydrogen-bond donors (Lipinski definition) is 1. The highest BCUT2D eigenvalue weighted by molar-refractivity contribution is 4.90. The van der Waals surface area contributed by atoms with Crippen LogP contribution in [0.15, 0.2) is 0 Å². The van der Waals surface area contributed by atoms with Gasteiger partial charge >= 0.3 is 0 Å². The Morgan fingerprint density at radius 1 is 1.19 bits per heavy atom. The van der Waals surface area contributed by atoms with Crippen LogP contribution in [0.4, 0.5) is 0 Å². The third kappa shape index (κ3) is 3.46. The first kappa shape index (κ1) is 14.0. The summed E-state index contributed by atoms with van der Waals surface area (Å²) in [5.41, 5.74) is 0. The summed E-state index contributed by atoms with van der Waals surface area (Å²) in [5.74, 6) is 1.80. The Morgan fingerprint density at radius 3 is 2.25 bits per heavy atom. The van der Waals surface area contributed by atoms with Gasteiger partial charge in [0.1, 0.15) is 0 Å². The topological polar surface area (TPSA) is 15.3 Å². The van der Waals surface area contributed by atoms with E-state index in [0.717, 1.165) is 17.9 Å². The van der Waals surface area contributed by atoms with Gasteiger partial charge in [0.2, 0.25) is 0 Å². The molecular formula is C14H30N2. The Hall–Kier alpha value is -0.0800. The highest BCUT2D eigenvalue weighted by Crippen LogP contribution is 2.32. The van der Waals surface area contributed by atoms with Crippen LogP contribution in [-0.2, 0) is 0 Å². The molecule has 0 aromatic heterocycles. The molecule has 0 amide bonds. The minimum Gasteiger partial charge on any atom is -0.319 e. The van der Waals surface area contributed by atoms with E-state index in [1.165, 1.54) is 45.3 Å². The molecule has 0 aromatic rings. The van der Waals surface area contributed by atoms with Gasteiger partial charge in [0.15, 0.2) is 0 Å². The molecule has 1 aliphatic rings. The minimum absolute atomic E-state index is 0.859. The molecule has 96 valence electrons. The first-order chi connectivity index (χ1) is 7.76. The average molecular weight is 226 g/mol. The van der Waals surface area contributed by atoms with Gasteiger partial charge in [-0.25, -0.2) is 0 Å². The van der Waals surface area contributed by atoms with Crippen molar-refractivity contribution in [3.8, 4) is 0 Å². The lowest BCUT2D eigenvalue weighted by atomic mass is 9.78. The summed E-state index contributed by atoms with van der Waals surface area (Å²) in [6, 6.07) is 0.859. The fourth-order valence-electron chi connectivity index (χ4n) is 2.91. The zero-order chi connectivity index (χ0) is 12.0. The van der Waals surface area contributed by atoms with E-state index in [2.05, 4.69) is 38.0 Å². The monoisotopic (exact) mass is 226 g/mol. The summed E-state index contributed by atoms with van der Waals surface area (Å²) in [7, 11) is 2.08. The van der Waals surface area contributed by atoms with E-state index in [1.54, 1.807) is 0 Å². The van der Waals surface area contributed by atoms with Crippen LogP contribution in [-0.4, -0.2) is 37.6 Å². The highest BCUT2D eigenvalue weighted by atomic mass is 15.2. The van der Waals surface area contributed by atoms with E-state index in [-0.39, 0.29) is 0 Å². The van der Waals surface area contributed by atoms with E-state index >= 15 is 0 Å². The van der Waals surface area contributed by atoms with Gasteiger partial charge in [-0.1, -0.05) is 33.6 Å². The maximum absolute atomic E-state index is 3.33. The van der Waals surface area contributed by atoms with Crippen LogP contribution in [0.2, 0.25) is 0 Å². The molecule has 0 heterocycles. The zero-order valence-corrected chi connectivity index (χ0v) is 11.6. The Labute approximate surface area is 102 Å². The predicted octanol–water partition coefficient (Wildman–Crippen LogP) is 2.74. The fourth-order valence-corrected chi connectivity index (χ4v) is 2.91. The summed E-state index contributed by atoms with van der Waals surface area (Å²) in [6.07, 6.45) is 5.50. The smallest absolute Gasteiger partial charge is 0.0136 e. The van der Waals surface area contributed by atoms with Crippen molar-refractivity contribution in [2.45, 2.75) is 52.5 Å². The third-order valence-corrected chi connectivity index (χ3v) is 4.37. The van der Waals surface area contributed by atoms with E-state index in [9.17, 15) is 0 Å². The molecule has 0 aliphatic heterocycles. The van der Waals surface area contributed by atoms with Gasteiger partial charge < -0.3 is 10.2 Å². The Kier molecular flexibility index (Phi) is 6.37. The molecule has 1 fully saturated rings. The highest BCUT2D eigenvalue weighted by Gasteiger charge is 2.34. The van der Waals surface area contributed by atoms with Crippen molar-refractivity contribution < 1.29 is 0 Å². The number of hydrogen-bond acceptors (Lipinski definition) is 2. The van der Waals surface area contributed by atoms with Crippen molar-refractivity contribution in [1.82, 2.24) is 10.2 Å². The first-order valence-corrected chi connectivity index (χ1v) is 7.15. The second-order valence-electron chi connectivity index (χ2n) is 5.23. The lowest BCUT2D eigenvalue weighted by molar-refractivity contribution is 0.0529. The summed E-state index contributed by atoms with van der Waals surface area (Å²) in [6.45, 7) is 10.7. The molecular weight excluding hydrogens is 196 g/mol. The lowest BCUT2D eigenvalue weighted by Gasteiger charge is -2.45. The number of nitrogens with zero attached hydrogens (tertiary/aromatic N) is 1. The maximum Gasteiger partial charge on any atom is 0.0136 e. The third-order valence-electron chi connectivity index (χ3n) is 4.37. The van der Waals surface area contributed by atoms with Gasteiger partial charge in [0, 0.05) is 12.6 Å². The van der Waals surface area contributed by atoms with Crippen molar-refractivity contribution in [2.75, 3.05) is 26.7 Å². The van der Waals surface area contributed by atoms with Gasteiger partial charge in [-0.05, 0) is 44.8 Å². The summed E-state index contributed by atoms with van der Waals surface area (Å²) in [4.78, 5) is 2.73. The Morgan fingerprint density at radius 2 is 1.88 bits per heavy atom. The van der Waals surface area contributed by atoms with Gasteiger partial charge in [-0.3, -0.25) is 0 Å². The molecule has 0 bridgehead atoms. The maximum atomic E-state index is 3.33. The average Bonchev–Trinajstić information content (AvgIpc) is 2.29. The van der Waals surface area contributed by atoms with Gasteiger partial charge in [-0.2, -0.15) is 0 Å². The molecule has 1 aliphatic carbocycles. The van der Waals surface area contributed by atoms with Crippen LogP contribution in [0, 0.1) is 11.8 Å². The molecule has 16 heavy (non-hydrogen) atoms. The second kappa shape index (κ2) is 7.29. The van der Waals surface area contributed by atoms with Crippen LogP contribution < -0.4 is 5.32 Å². The van der Waals surface area contributed by atoms with Gasteiger partial charge in [0.05, 0.1) is 0 Å². The molecule has 0 aromatic carbocycles. The normalized spacial score (nSPS) is 25.1. The lowest BCUT2D eigenvalue weighted by Crippen LogP contribution is -2.51. The molecule has 1 N–H and O–H groups in total. The van der Waals surface area contributed by atoms with Crippen molar-refractivity contribution in [3.05, 3.63) is 0 Å². The standard InChI is InChI=1S/C14H30N2/c1-5-12(6-2)11-16(7-3)14-9-8-13(14)10-15-4/h12-15H,5-11H2,1-4H3. The summed E-state index contributed by atoms with van der Waals surface area (Å²) >= 11 is 0. The second-order valence-corrected chi connectivity index (χ2v) is 5.23. The molecule has 2 heteroatoms. The SMILES string of the molecule is CCC(CC)CN(CC)C1CCC1CNC. The summed E-state index contributed by atoms with van der Waals surface area (Å²) < 4.78 is 0. The van der Waals surface area contributed by atoms with Crippen molar-refractivity contribution >= 4 is 0 Å². The summed E-state index contributed by atoms with van der Waals surface area (Å²) in [5, 5.41) is 3.33. The molecule has 0 spiro atoms.